The first-order chi connectivity index (χ1) is 9.20. The summed E-state index contributed by atoms with van der Waals surface area (Å²) in [6.45, 7) is 2.09. The van der Waals surface area contributed by atoms with Crippen LogP contribution in [0.4, 0.5) is 0 Å². The number of thiazole rings is 1. The van der Waals surface area contributed by atoms with Crippen LogP contribution in [0.1, 0.15) is 30.3 Å². The summed E-state index contributed by atoms with van der Waals surface area (Å²) in [7, 11) is 0. The number of aryl methyl sites for hydroxylation is 2. The van der Waals surface area contributed by atoms with Gasteiger partial charge < -0.3 is 5.11 Å². The molecular weight excluding hydrogens is 262 g/mol. The molecule has 2 aromatic rings. The molecule has 6 heteroatoms. The fraction of sp³-hybridized carbons (Fsp3) is 0.385. The molecule has 0 saturated heterocycles. The summed E-state index contributed by atoms with van der Waals surface area (Å²) >= 11 is 1.52. The Morgan fingerprint density at radius 1 is 1.37 bits per heavy atom. The molecule has 0 bridgehead atoms. The van der Waals surface area contributed by atoms with Crippen LogP contribution in [0.25, 0.3) is 10.7 Å². The zero-order valence-corrected chi connectivity index (χ0v) is 11.5. The molecule has 0 unspecified atom stereocenters. The molecule has 0 aliphatic rings. The van der Waals surface area contributed by atoms with Crippen LogP contribution in [0.5, 0.6) is 0 Å². The predicted octanol–water partition coefficient (Wildman–Crippen LogP) is 2.57. The van der Waals surface area contributed by atoms with E-state index in [1.165, 1.54) is 11.3 Å². The highest BCUT2D eigenvalue weighted by molar-refractivity contribution is 7.15. The lowest BCUT2D eigenvalue weighted by atomic mass is 10.2. The maximum absolute atomic E-state index is 10.7. The Hall–Kier alpha value is -1.82. The largest absolute Gasteiger partial charge is 0.481 e. The Bertz CT molecular complexity index is 554. The Kier molecular flexibility index (Phi) is 4.57. The Morgan fingerprint density at radius 2 is 2.21 bits per heavy atom. The molecule has 100 valence electrons. The average molecular weight is 277 g/mol. The van der Waals surface area contributed by atoms with E-state index in [0.29, 0.717) is 6.42 Å². The summed E-state index contributed by atoms with van der Waals surface area (Å²) in [5, 5.41) is 9.60. The maximum Gasteiger partial charge on any atom is 0.303 e. The van der Waals surface area contributed by atoms with Crippen molar-refractivity contribution in [1.29, 1.82) is 0 Å². The molecule has 0 saturated carbocycles. The second-order valence-corrected chi connectivity index (χ2v) is 5.21. The molecular formula is C13H15N3O2S. The third-order valence-corrected chi connectivity index (χ3v) is 3.79. The van der Waals surface area contributed by atoms with Crippen LogP contribution in [-0.2, 0) is 17.6 Å². The van der Waals surface area contributed by atoms with Crippen molar-refractivity contribution in [3.8, 4) is 10.7 Å². The van der Waals surface area contributed by atoms with Gasteiger partial charge in [0, 0.05) is 17.3 Å². The van der Waals surface area contributed by atoms with E-state index in [0.717, 1.165) is 34.1 Å². The lowest BCUT2D eigenvalue weighted by Gasteiger charge is -1.97. The van der Waals surface area contributed by atoms with Crippen molar-refractivity contribution in [2.45, 2.75) is 32.6 Å². The van der Waals surface area contributed by atoms with Gasteiger partial charge in [-0.05, 0) is 12.8 Å². The summed E-state index contributed by atoms with van der Waals surface area (Å²) in [6.07, 6.45) is 7.45. The van der Waals surface area contributed by atoms with E-state index < -0.39 is 5.97 Å². The van der Waals surface area contributed by atoms with Crippen LogP contribution in [0, 0.1) is 0 Å². The summed E-state index contributed by atoms with van der Waals surface area (Å²) < 4.78 is 0. The van der Waals surface area contributed by atoms with Gasteiger partial charge in [-0.1, -0.05) is 13.3 Å². The van der Waals surface area contributed by atoms with Crippen LogP contribution in [0.3, 0.4) is 0 Å². The van der Waals surface area contributed by atoms with E-state index in [1.54, 1.807) is 18.6 Å². The first kappa shape index (κ1) is 13.6. The monoisotopic (exact) mass is 277 g/mol. The number of hydrogen-bond donors (Lipinski definition) is 1. The zero-order valence-electron chi connectivity index (χ0n) is 10.7. The second-order valence-electron chi connectivity index (χ2n) is 4.12. The number of aliphatic carboxylic acids is 1. The molecule has 0 aliphatic carbocycles. The molecule has 0 aromatic carbocycles. The number of hydrogen-bond acceptors (Lipinski definition) is 5. The Balaban J connectivity index is 2.26. The molecule has 0 fully saturated rings. The third kappa shape index (κ3) is 3.57. The van der Waals surface area contributed by atoms with Gasteiger partial charge in [-0.15, -0.1) is 11.3 Å². The van der Waals surface area contributed by atoms with E-state index in [2.05, 4.69) is 21.9 Å². The van der Waals surface area contributed by atoms with E-state index in [-0.39, 0.29) is 6.42 Å². The van der Waals surface area contributed by atoms with Gasteiger partial charge in [-0.25, -0.2) is 4.98 Å². The van der Waals surface area contributed by atoms with Gasteiger partial charge in [0.1, 0.15) is 10.7 Å². The van der Waals surface area contributed by atoms with E-state index in [4.69, 9.17) is 5.11 Å². The maximum atomic E-state index is 10.7. The number of carboxylic acids is 1. The van der Waals surface area contributed by atoms with Crippen LogP contribution in [-0.4, -0.2) is 26.0 Å². The van der Waals surface area contributed by atoms with Crippen molar-refractivity contribution >= 4 is 17.3 Å². The fourth-order valence-electron chi connectivity index (χ4n) is 1.75. The highest BCUT2D eigenvalue weighted by Gasteiger charge is 2.13. The van der Waals surface area contributed by atoms with Crippen molar-refractivity contribution in [3.05, 3.63) is 29.2 Å². The molecule has 0 radical (unpaired) electrons. The minimum atomic E-state index is -0.781. The molecule has 2 aromatic heterocycles. The average Bonchev–Trinajstić information content (AvgIpc) is 2.81. The molecule has 2 rings (SSSR count). The van der Waals surface area contributed by atoms with Crippen LogP contribution in [0.2, 0.25) is 0 Å². The summed E-state index contributed by atoms with van der Waals surface area (Å²) in [5.41, 5.74) is 1.74. The van der Waals surface area contributed by atoms with E-state index >= 15 is 0 Å². The standard InChI is InChI=1S/C13H15N3O2S/c1-2-3-9-11(4-5-12(17)18)19-13(16-9)10-8-14-6-7-15-10/h6-8H,2-5H2,1H3,(H,17,18). The number of nitrogens with zero attached hydrogens (tertiary/aromatic N) is 3. The first-order valence-electron chi connectivity index (χ1n) is 6.17. The van der Waals surface area contributed by atoms with Gasteiger partial charge in [-0.3, -0.25) is 14.8 Å². The number of aromatic nitrogens is 3. The smallest absolute Gasteiger partial charge is 0.303 e. The van der Waals surface area contributed by atoms with Crippen molar-refractivity contribution < 1.29 is 9.90 Å². The minimum Gasteiger partial charge on any atom is -0.481 e. The normalized spacial score (nSPS) is 10.6. The molecule has 0 spiro atoms. The van der Waals surface area contributed by atoms with E-state index in [9.17, 15) is 4.79 Å². The quantitative estimate of drug-likeness (QED) is 0.878. The zero-order chi connectivity index (χ0) is 13.7. The molecule has 19 heavy (non-hydrogen) atoms. The summed E-state index contributed by atoms with van der Waals surface area (Å²) in [6, 6.07) is 0. The van der Waals surface area contributed by atoms with Crippen molar-refractivity contribution in [3.63, 3.8) is 0 Å². The lowest BCUT2D eigenvalue weighted by Crippen LogP contribution is -1.98. The molecule has 5 nitrogen and oxygen atoms in total. The molecule has 0 aliphatic heterocycles. The van der Waals surface area contributed by atoms with Gasteiger partial charge in [0.25, 0.3) is 0 Å². The number of carbonyl (C=O) groups is 1. The van der Waals surface area contributed by atoms with Gasteiger partial charge in [-0.2, -0.15) is 0 Å². The van der Waals surface area contributed by atoms with Crippen LogP contribution < -0.4 is 0 Å². The highest BCUT2D eigenvalue weighted by Crippen LogP contribution is 2.28. The third-order valence-electron chi connectivity index (χ3n) is 2.61. The summed E-state index contributed by atoms with van der Waals surface area (Å²) in [4.78, 5) is 24.6. The van der Waals surface area contributed by atoms with Crippen molar-refractivity contribution in [2.24, 2.45) is 0 Å². The molecule has 1 N–H and O–H groups in total. The Labute approximate surface area is 115 Å². The van der Waals surface area contributed by atoms with Crippen LogP contribution >= 0.6 is 11.3 Å². The SMILES string of the molecule is CCCc1nc(-c2cnccn2)sc1CCC(=O)O. The lowest BCUT2D eigenvalue weighted by molar-refractivity contribution is -0.136. The van der Waals surface area contributed by atoms with Gasteiger partial charge in [0.15, 0.2) is 0 Å². The summed E-state index contributed by atoms with van der Waals surface area (Å²) in [5.74, 6) is -0.781. The second kappa shape index (κ2) is 6.38. The van der Waals surface area contributed by atoms with E-state index in [1.807, 2.05) is 0 Å². The topological polar surface area (TPSA) is 76.0 Å². The highest BCUT2D eigenvalue weighted by atomic mass is 32.1. The molecule has 2 heterocycles. The molecule has 0 atom stereocenters. The predicted molar refractivity (Wildman–Crippen MR) is 73.1 cm³/mol. The number of carboxylic acid groups (broad SMARTS) is 1. The van der Waals surface area contributed by atoms with Gasteiger partial charge >= 0.3 is 5.97 Å². The van der Waals surface area contributed by atoms with Gasteiger partial charge in [0.2, 0.25) is 0 Å². The van der Waals surface area contributed by atoms with Crippen molar-refractivity contribution in [2.75, 3.05) is 0 Å². The van der Waals surface area contributed by atoms with Gasteiger partial charge in [0.05, 0.1) is 18.3 Å². The Morgan fingerprint density at radius 3 is 2.84 bits per heavy atom. The fourth-order valence-corrected chi connectivity index (χ4v) is 2.82. The molecule has 0 amide bonds. The van der Waals surface area contributed by atoms with Crippen LogP contribution in [0.15, 0.2) is 18.6 Å². The van der Waals surface area contributed by atoms with Crippen molar-refractivity contribution in [1.82, 2.24) is 15.0 Å². The minimum absolute atomic E-state index is 0.138. The number of rotatable bonds is 6. The first-order valence-corrected chi connectivity index (χ1v) is 6.99.